The fraction of sp³-hybridized carbons (Fsp3) is 0.133. The number of hydrogen-bond acceptors (Lipinski definition) is 3. The van der Waals surface area contributed by atoms with Gasteiger partial charge in [0, 0.05) is 5.56 Å². The highest BCUT2D eigenvalue weighted by molar-refractivity contribution is 6.05. The van der Waals surface area contributed by atoms with Gasteiger partial charge in [-0.1, -0.05) is 24.0 Å². The molecule has 96 valence electrons. The van der Waals surface area contributed by atoms with Gasteiger partial charge >= 0.3 is 0 Å². The third kappa shape index (κ3) is 3.03. The maximum atomic E-state index is 12.1. The molecule has 0 aliphatic heterocycles. The first-order chi connectivity index (χ1) is 9.22. The van der Waals surface area contributed by atoms with Crippen molar-refractivity contribution in [3.05, 3.63) is 53.5 Å². The average molecular weight is 254 g/mol. The van der Waals surface area contributed by atoms with E-state index in [4.69, 9.17) is 10.2 Å². The Morgan fingerprint density at radius 3 is 2.84 bits per heavy atom. The third-order valence-electron chi connectivity index (χ3n) is 2.60. The lowest BCUT2D eigenvalue weighted by atomic mass is 10.1. The van der Waals surface area contributed by atoms with E-state index in [1.165, 1.54) is 6.26 Å². The van der Waals surface area contributed by atoms with E-state index in [0.29, 0.717) is 17.0 Å². The van der Waals surface area contributed by atoms with Crippen LogP contribution in [0.5, 0.6) is 0 Å². The Balaban J connectivity index is 2.24. The molecule has 1 aromatic heterocycles. The fourth-order valence-corrected chi connectivity index (χ4v) is 1.66. The SMILES string of the molecule is Cc1occc1C(=O)Nc1ccccc1C#CCN. The zero-order chi connectivity index (χ0) is 13.7. The van der Waals surface area contributed by atoms with E-state index in [9.17, 15) is 4.79 Å². The molecular weight excluding hydrogens is 240 g/mol. The Bertz CT molecular complexity index is 647. The van der Waals surface area contributed by atoms with Crippen LogP contribution in [0.2, 0.25) is 0 Å². The Labute approximate surface area is 111 Å². The number of nitrogens with one attached hydrogen (secondary N) is 1. The number of carbonyl (C=O) groups excluding carboxylic acids is 1. The van der Waals surface area contributed by atoms with E-state index in [1.54, 1.807) is 19.1 Å². The molecule has 4 heteroatoms. The number of amides is 1. The van der Waals surface area contributed by atoms with Crippen molar-refractivity contribution < 1.29 is 9.21 Å². The van der Waals surface area contributed by atoms with Gasteiger partial charge in [-0.15, -0.1) is 0 Å². The molecule has 0 aliphatic rings. The highest BCUT2D eigenvalue weighted by Gasteiger charge is 2.12. The number of rotatable bonds is 2. The van der Waals surface area contributed by atoms with Gasteiger partial charge in [0.2, 0.25) is 0 Å². The van der Waals surface area contributed by atoms with Gasteiger partial charge in [0.05, 0.1) is 24.1 Å². The Kier molecular flexibility index (Phi) is 4.01. The number of carbonyl (C=O) groups is 1. The van der Waals surface area contributed by atoms with E-state index < -0.39 is 0 Å². The van der Waals surface area contributed by atoms with E-state index in [-0.39, 0.29) is 12.5 Å². The topological polar surface area (TPSA) is 68.3 Å². The molecule has 0 unspecified atom stereocenters. The van der Waals surface area contributed by atoms with Crippen LogP contribution in [0.25, 0.3) is 0 Å². The van der Waals surface area contributed by atoms with Crippen LogP contribution in [0.15, 0.2) is 41.0 Å². The van der Waals surface area contributed by atoms with Gasteiger partial charge < -0.3 is 15.5 Å². The summed E-state index contributed by atoms with van der Waals surface area (Å²) in [5.74, 6) is 6.07. The number of aryl methyl sites for hydroxylation is 1. The van der Waals surface area contributed by atoms with Crippen LogP contribution in [0.3, 0.4) is 0 Å². The molecule has 0 radical (unpaired) electrons. The lowest BCUT2D eigenvalue weighted by Gasteiger charge is -2.06. The Morgan fingerprint density at radius 2 is 2.16 bits per heavy atom. The van der Waals surface area contributed by atoms with Gasteiger partial charge in [0.25, 0.3) is 5.91 Å². The summed E-state index contributed by atoms with van der Waals surface area (Å²) in [6.07, 6.45) is 1.49. The number of para-hydroxylation sites is 1. The van der Waals surface area contributed by atoms with E-state index in [0.717, 1.165) is 5.56 Å². The molecule has 1 aromatic carbocycles. The third-order valence-corrected chi connectivity index (χ3v) is 2.60. The molecule has 0 bridgehead atoms. The summed E-state index contributed by atoms with van der Waals surface area (Å²) in [5, 5.41) is 2.82. The maximum absolute atomic E-state index is 12.1. The molecule has 0 fully saturated rings. The van der Waals surface area contributed by atoms with Crippen LogP contribution in [-0.2, 0) is 0 Å². The van der Waals surface area contributed by atoms with Crippen molar-refractivity contribution >= 4 is 11.6 Å². The highest BCUT2D eigenvalue weighted by atomic mass is 16.3. The number of nitrogens with two attached hydrogens (primary N) is 1. The van der Waals surface area contributed by atoms with E-state index >= 15 is 0 Å². The average Bonchev–Trinajstić information content (AvgIpc) is 2.84. The summed E-state index contributed by atoms with van der Waals surface area (Å²) < 4.78 is 5.11. The zero-order valence-electron chi connectivity index (χ0n) is 10.6. The summed E-state index contributed by atoms with van der Waals surface area (Å²) in [5.41, 5.74) is 7.27. The zero-order valence-corrected chi connectivity index (χ0v) is 10.6. The molecule has 19 heavy (non-hydrogen) atoms. The Hall–Kier alpha value is -2.51. The van der Waals surface area contributed by atoms with Crippen molar-refractivity contribution in [1.82, 2.24) is 0 Å². The predicted octanol–water partition coefficient (Wildman–Crippen LogP) is 2.15. The van der Waals surface area contributed by atoms with Crippen molar-refractivity contribution in [2.75, 3.05) is 11.9 Å². The van der Waals surface area contributed by atoms with Crippen LogP contribution < -0.4 is 11.1 Å². The van der Waals surface area contributed by atoms with E-state index in [1.807, 2.05) is 18.2 Å². The smallest absolute Gasteiger partial charge is 0.259 e. The second kappa shape index (κ2) is 5.89. The van der Waals surface area contributed by atoms with Gasteiger partial charge in [-0.3, -0.25) is 4.79 Å². The molecule has 4 nitrogen and oxygen atoms in total. The molecule has 2 aromatic rings. The monoisotopic (exact) mass is 254 g/mol. The summed E-state index contributed by atoms with van der Waals surface area (Å²) in [6.45, 7) is 2.03. The molecule has 1 amide bonds. The highest BCUT2D eigenvalue weighted by Crippen LogP contribution is 2.16. The normalized spacial score (nSPS) is 9.58. The summed E-state index contributed by atoms with van der Waals surface area (Å²) in [4.78, 5) is 12.1. The second-order valence-electron chi connectivity index (χ2n) is 3.90. The van der Waals surface area contributed by atoms with Crippen LogP contribution in [-0.4, -0.2) is 12.5 Å². The molecule has 0 atom stereocenters. The molecule has 1 heterocycles. The minimum absolute atomic E-state index is 0.215. The number of anilines is 1. The second-order valence-corrected chi connectivity index (χ2v) is 3.90. The van der Waals surface area contributed by atoms with Gasteiger partial charge in [0.15, 0.2) is 0 Å². The lowest BCUT2D eigenvalue weighted by Crippen LogP contribution is -2.13. The summed E-state index contributed by atoms with van der Waals surface area (Å²) in [7, 11) is 0. The largest absolute Gasteiger partial charge is 0.469 e. The van der Waals surface area contributed by atoms with Gasteiger partial charge in [-0.25, -0.2) is 0 Å². The van der Waals surface area contributed by atoms with Crippen molar-refractivity contribution in [2.24, 2.45) is 5.73 Å². The van der Waals surface area contributed by atoms with Crippen LogP contribution in [0.1, 0.15) is 21.7 Å². The molecule has 2 rings (SSSR count). The Morgan fingerprint density at radius 1 is 1.37 bits per heavy atom. The molecule has 0 saturated carbocycles. The van der Waals surface area contributed by atoms with Crippen molar-refractivity contribution in [2.45, 2.75) is 6.92 Å². The molecule has 0 spiro atoms. The maximum Gasteiger partial charge on any atom is 0.259 e. The first kappa shape index (κ1) is 12.9. The van der Waals surface area contributed by atoms with Crippen LogP contribution in [0.4, 0.5) is 5.69 Å². The van der Waals surface area contributed by atoms with Crippen molar-refractivity contribution in [3.8, 4) is 11.8 Å². The van der Waals surface area contributed by atoms with Gasteiger partial charge in [0.1, 0.15) is 5.76 Å². The number of hydrogen-bond donors (Lipinski definition) is 2. The fourth-order valence-electron chi connectivity index (χ4n) is 1.66. The number of benzene rings is 1. The molecule has 0 aliphatic carbocycles. The van der Waals surface area contributed by atoms with E-state index in [2.05, 4.69) is 17.2 Å². The van der Waals surface area contributed by atoms with Gasteiger partial charge in [-0.2, -0.15) is 0 Å². The predicted molar refractivity (Wildman–Crippen MR) is 73.8 cm³/mol. The van der Waals surface area contributed by atoms with Crippen LogP contribution in [0, 0.1) is 18.8 Å². The van der Waals surface area contributed by atoms with Crippen molar-refractivity contribution in [3.63, 3.8) is 0 Å². The standard InChI is InChI=1S/C15H14N2O2/c1-11-13(8-10-19-11)15(18)17-14-7-3-2-5-12(14)6-4-9-16/h2-3,5,7-8,10H,9,16H2,1H3,(H,17,18). The lowest BCUT2D eigenvalue weighted by molar-refractivity contribution is 0.102. The summed E-state index contributed by atoms with van der Waals surface area (Å²) in [6, 6.07) is 8.97. The number of furan rings is 1. The first-order valence-electron chi connectivity index (χ1n) is 5.86. The minimum atomic E-state index is -0.215. The van der Waals surface area contributed by atoms with Crippen LogP contribution >= 0.6 is 0 Å². The first-order valence-corrected chi connectivity index (χ1v) is 5.86. The molecule has 3 N–H and O–H groups in total. The molecule has 0 saturated heterocycles. The molecular formula is C15H14N2O2. The quantitative estimate of drug-likeness (QED) is 0.807. The summed E-state index contributed by atoms with van der Waals surface area (Å²) >= 11 is 0. The minimum Gasteiger partial charge on any atom is -0.469 e. The van der Waals surface area contributed by atoms with Crippen molar-refractivity contribution in [1.29, 1.82) is 0 Å². The van der Waals surface area contributed by atoms with Gasteiger partial charge in [-0.05, 0) is 25.1 Å².